The van der Waals surface area contributed by atoms with Gasteiger partial charge < -0.3 is 14.5 Å². The van der Waals surface area contributed by atoms with Crippen LogP contribution in [0.1, 0.15) is 39.1 Å². The molecule has 3 aromatic carbocycles. The van der Waals surface area contributed by atoms with Crippen LogP contribution >= 0.6 is 0 Å². The molecule has 0 radical (unpaired) electrons. The Morgan fingerprint density at radius 2 is 1.62 bits per heavy atom. The minimum atomic E-state index is -0.296. The van der Waals surface area contributed by atoms with Crippen LogP contribution in [0.4, 0.5) is 0 Å². The maximum atomic E-state index is 13.2. The number of aromatic nitrogens is 2. The highest BCUT2D eigenvalue weighted by Crippen LogP contribution is 2.45. The lowest BCUT2D eigenvalue weighted by Gasteiger charge is -2.29. The second-order valence-electron chi connectivity index (χ2n) is 10.2. The molecule has 5 heterocycles. The number of benzene rings is 3. The highest BCUT2D eigenvalue weighted by Gasteiger charge is 2.37. The van der Waals surface area contributed by atoms with Gasteiger partial charge in [0.05, 0.1) is 27.7 Å². The smallest absolute Gasteiger partial charge is 0.259 e. The molecule has 2 aromatic heterocycles. The van der Waals surface area contributed by atoms with E-state index in [0.29, 0.717) is 17.0 Å². The van der Waals surface area contributed by atoms with Gasteiger partial charge in [0, 0.05) is 40.2 Å². The lowest BCUT2D eigenvalue weighted by Crippen LogP contribution is -2.32. The van der Waals surface area contributed by atoms with Gasteiger partial charge in [-0.25, -0.2) is 0 Å². The fourth-order valence-electron chi connectivity index (χ4n) is 6.94. The number of amides is 2. The third-order valence-corrected chi connectivity index (χ3v) is 8.20. The summed E-state index contributed by atoms with van der Waals surface area (Å²) in [6.07, 6.45) is 3.64. The van der Waals surface area contributed by atoms with E-state index < -0.39 is 0 Å². The van der Waals surface area contributed by atoms with Gasteiger partial charge in [0.2, 0.25) is 0 Å². The van der Waals surface area contributed by atoms with Gasteiger partial charge in [-0.15, -0.1) is 0 Å². The van der Waals surface area contributed by atoms with E-state index in [0.717, 1.165) is 57.6 Å². The SMILES string of the molecule is O=C1NC(=O)c2c1c1c3ccccc3[nH]c1c1c2c2cccc3c2n1CC(CN1CCCC1)C3. The topological polar surface area (TPSA) is 70.1 Å². The van der Waals surface area contributed by atoms with Crippen molar-refractivity contribution in [3.63, 3.8) is 0 Å². The Kier molecular flexibility index (Phi) is 3.57. The second-order valence-corrected chi connectivity index (χ2v) is 10.2. The zero-order valence-electron chi connectivity index (χ0n) is 18.8. The molecule has 1 fully saturated rings. The zero-order valence-corrected chi connectivity index (χ0v) is 18.8. The summed E-state index contributed by atoms with van der Waals surface area (Å²) in [6.45, 7) is 4.42. The Balaban J connectivity index is 1.51. The highest BCUT2D eigenvalue weighted by molar-refractivity contribution is 6.39. The number of aromatic amines is 1. The van der Waals surface area contributed by atoms with Crippen molar-refractivity contribution in [1.82, 2.24) is 19.8 Å². The number of fused-ring (bicyclic) bond motifs is 10. The van der Waals surface area contributed by atoms with Crippen LogP contribution in [0, 0.1) is 5.92 Å². The number of H-pyrrole nitrogens is 1. The van der Waals surface area contributed by atoms with Gasteiger partial charge in [0.1, 0.15) is 0 Å². The second kappa shape index (κ2) is 6.48. The predicted octanol–water partition coefficient (Wildman–Crippen LogP) is 4.58. The van der Waals surface area contributed by atoms with E-state index in [2.05, 4.69) is 38.0 Å². The van der Waals surface area contributed by atoms with Crippen molar-refractivity contribution < 1.29 is 9.59 Å². The van der Waals surface area contributed by atoms with Gasteiger partial charge in [0.15, 0.2) is 0 Å². The number of likely N-dealkylation sites (tertiary alicyclic amines) is 1. The summed E-state index contributed by atoms with van der Waals surface area (Å²) in [5.41, 5.74) is 6.62. The molecule has 6 nitrogen and oxygen atoms in total. The Hall–Kier alpha value is -3.64. The van der Waals surface area contributed by atoms with Crippen molar-refractivity contribution in [1.29, 1.82) is 0 Å². The third kappa shape index (κ3) is 2.29. The molecule has 1 atom stereocenters. The van der Waals surface area contributed by atoms with E-state index in [-0.39, 0.29) is 11.8 Å². The molecule has 1 saturated heterocycles. The molecule has 3 aliphatic rings. The average Bonchev–Trinajstić information content (AvgIpc) is 3.60. The molecule has 0 bridgehead atoms. The molecular weight excluding hydrogens is 424 g/mol. The van der Waals surface area contributed by atoms with Gasteiger partial charge in [-0.3, -0.25) is 14.9 Å². The van der Waals surface area contributed by atoms with Crippen LogP contribution in [0.3, 0.4) is 0 Å². The Bertz CT molecular complexity index is 1720. The fraction of sp³-hybridized carbons (Fsp3) is 0.286. The molecule has 0 saturated carbocycles. The molecule has 8 rings (SSSR count). The maximum Gasteiger partial charge on any atom is 0.259 e. The first-order chi connectivity index (χ1) is 16.7. The zero-order chi connectivity index (χ0) is 22.6. The van der Waals surface area contributed by atoms with Crippen molar-refractivity contribution in [3.05, 3.63) is 59.2 Å². The first-order valence-corrected chi connectivity index (χ1v) is 12.3. The van der Waals surface area contributed by atoms with Crippen LogP contribution in [0.2, 0.25) is 0 Å². The van der Waals surface area contributed by atoms with Crippen molar-refractivity contribution in [3.8, 4) is 0 Å². The normalized spacial score (nSPS) is 20.3. The number of rotatable bonds is 2. The first kappa shape index (κ1) is 18.7. The van der Waals surface area contributed by atoms with E-state index in [1.54, 1.807) is 0 Å². The summed E-state index contributed by atoms with van der Waals surface area (Å²) >= 11 is 0. The van der Waals surface area contributed by atoms with Gasteiger partial charge >= 0.3 is 0 Å². The van der Waals surface area contributed by atoms with Gasteiger partial charge in [-0.05, 0) is 49.9 Å². The summed E-state index contributed by atoms with van der Waals surface area (Å²) in [7, 11) is 0. The quantitative estimate of drug-likeness (QED) is 0.389. The van der Waals surface area contributed by atoms with Gasteiger partial charge in [-0.2, -0.15) is 0 Å². The Morgan fingerprint density at radius 3 is 2.47 bits per heavy atom. The summed E-state index contributed by atoms with van der Waals surface area (Å²) in [4.78, 5) is 32.5. The van der Waals surface area contributed by atoms with Crippen LogP contribution in [0.25, 0.3) is 43.6 Å². The summed E-state index contributed by atoms with van der Waals surface area (Å²) in [5, 5.41) is 6.44. The number of carbonyl (C=O) groups is 2. The molecule has 34 heavy (non-hydrogen) atoms. The van der Waals surface area contributed by atoms with Gasteiger partial charge in [0.25, 0.3) is 11.8 Å². The lowest BCUT2D eigenvalue weighted by molar-refractivity contribution is 0.0880. The molecule has 1 unspecified atom stereocenters. The number of hydrogen-bond donors (Lipinski definition) is 2. The highest BCUT2D eigenvalue weighted by atomic mass is 16.2. The van der Waals surface area contributed by atoms with Crippen LogP contribution in [0.5, 0.6) is 0 Å². The number of nitrogens with one attached hydrogen (secondary N) is 2. The van der Waals surface area contributed by atoms with Gasteiger partial charge in [-0.1, -0.05) is 36.4 Å². The van der Waals surface area contributed by atoms with E-state index in [9.17, 15) is 9.59 Å². The number of para-hydroxylation sites is 2. The third-order valence-electron chi connectivity index (χ3n) is 8.20. The fourth-order valence-corrected chi connectivity index (χ4v) is 6.94. The first-order valence-electron chi connectivity index (χ1n) is 12.3. The molecule has 5 aromatic rings. The van der Waals surface area contributed by atoms with E-state index in [1.165, 1.54) is 37.0 Å². The summed E-state index contributed by atoms with van der Waals surface area (Å²) < 4.78 is 2.44. The summed E-state index contributed by atoms with van der Waals surface area (Å²) in [5.74, 6) is -0.0556. The number of nitrogens with zero attached hydrogens (tertiary/aromatic N) is 2. The van der Waals surface area contributed by atoms with Crippen molar-refractivity contribution >= 4 is 55.4 Å². The van der Waals surface area contributed by atoms with Crippen LogP contribution < -0.4 is 5.32 Å². The van der Waals surface area contributed by atoms with Crippen molar-refractivity contribution in [2.45, 2.75) is 25.8 Å². The predicted molar refractivity (Wildman–Crippen MR) is 133 cm³/mol. The molecule has 0 spiro atoms. The molecule has 3 aliphatic heterocycles. The maximum absolute atomic E-state index is 13.2. The lowest BCUT2D eigenvalue weighted by atomic mass is 9.93. The number of hydrogen-bond acceptors (Lipinski definition) is 3. The monoisotopic (exact) mass is 448 g/mol. The number of carbonyl (C=O) groups excluding carboxylic acids is 2. The van der Waals surface area contributed by atoms with Crippen LogP contribution in [-0.2, 0) is 13.0 Å². The van der Waals surface area contributed by atoms with E-state index >= 15 is 0 Å². The largest absolute Gasteiger partial charge is 0.353 e. The minimum Gasteiger partial charge on any atom is -0.353 e. The van der Waals surface area contributed by atoms with E-state index in [1.807, 2.05) is 24.3 Å². The molecular formula is C28H24N4O2. The Morgan fingerprint density at radius 1 is 0.853 bits per heavy atom. The molecule has 6 heteroatoms. The van der Waals surface area contributed by atoms with Crippen molar-refractivity contribution in [2.75, 3.05) is 19.6 Å². The Labute approximate surface area is 195 Å². The number of imide groups is 1. The standard InChI is InChI=1S/C28H24N4O2/c33-27-22-20-17-7-1-2-9-19(17)29-24(20)26-21(23(22)28(34)30-27)18-8-5-6-16-12-15(14-32(26)25(16)18)13-31-10-3-4-11-31/h1-2,5-9,15,29H,3-4,10-14H2,(H,30,33,34). The molecule has 2 amide bonds. The van der Waals surface area contributed by atoms with Crippen LogP contribution in [0.15, 0.2) is 42.5 Å². The minimum absolute atomic E-state index is 0.283. The van der Waals surface area contributed by atoms with Crippen LogP contribution in [-0.4, -0.2) is 45.9 Å². The summed E-state index contributed by atoms with van der Waals surface area (Å²) in [6, 6.07) is 14.5. The molecule has 0 aliphatic carbocycles. The average molecular weight is 449 g/mol. The van der Waals surface area contributed by atoms with Crippen molar-refractivity contribution in [2.24, 2.45) is 5.92 Å². The van der Waals surface area contributed by atoms with E-state index in [4.69, 9.17) is 0 Å². The molecule has 168 valence electrons. The molecule has 2 N–H and O–H groups in total.